The van der Waals surface area contributed by atoms with Crippen molar-refractivity contribution in [1.82, 2.24) is 20.0 Å². The molecule has 3 heterocycles. The van der Waals surface area contributed by atoms with E-state index < -0.39 is 0 Å². The molecule has 0 bridgehead atoms. The molecular weight excluding hydrogens is 336 g/mol. The summed E-state index contributed by atoms with van der Waals surface area (Å²) in [6.07, 6.45) is 7.09. The van der Waals surface area contributed by atoms with Gasteiger partial charge in [-0.25, -0.2) is 4.98 Å². The van der Waals surface area contributed by atoms with Crippen LogP contribution < -0.4 is 5.32 Å². The number of hydrogen-bond acceptors (Lipinski definition) is 4. The minimum absolute atomic E-state index is 0.589. The number of nitrogens with one attached hydrogen (secondary N) is 1. The Hall–Kier alpha value is -2.84. The Bertz CT molecular complexity index is 937. The van der Waals surface area contributed by atoms with Gasteiger partial charge in [0.25, 0.3) is 0 Å². The third-order valence-corrected chi connectivity index (χ3v) is 5.06. The number of aryl methyl sites for hydroxylation is 1. The summed E-state index contributed by atoms with van der Waals surface area (Å²) in [6.45, 7) is 4.96. The van der Waals surface area contributed by atoms with Crippen molar-refractivity contribution < 1.29 is 4.52 Å². The molecule has 0 spiro atoms. The zero-order valence-electron chi connectivity index (χ0n) is 15.6. The molecule has 5 nitrogen and oxygen atoms in total. The Kier molecular flexibility index (Phi) is 5.36. The van der Waals surface area contributed by atoms with Gasteiger partial charge >= 0.3 is 0 Å². The van der Waals surface area contributed by atoms with Gasteiger partial charge in [0.2, 0.25) is 5.76 Å². The summed E-state index contributed by atoms with van der Waals surface area (Å²) in [7, 11) is 0. The maximum Gasteiger partial charge on any atom is 0.210 e. The van der Waals surface area contributed by atoms with Gasteiger partial charge in [-0.15, -0.1) is 0 Å². The van der Waals surface area contributed by atoms with Gasteiger partial charge in [-0.05, 0) is 55.5 Å². The second kappa shape index (κ2) is 8.24. The molecule has 0 aliphatic carbocycles. The third-order valence-electron chi connectivity index (χ3n) is 5.06. The van der Waals surface area contributed by atoms with E-state index in [1.807, 2.05) is 18.5 Å². The zero-order valence-corrected chi connectivity index (χ0v) is 15.6. The van der Waals surface area contributed by atoms with Crippen molar-refractivity contribution in [2.45, 2.75) is 38.6 Å². The second-order valence-electron chi connectivity index (χ2n) is 6.90. The maximum absolute atomic E-state index is 5.36. The molecule has 0 radical (unpaired) electrons. The molecule has 0 amide bonds. The van der Waals surface area contributed by atoms with E-state index in [-0.39, 0.29) is 0 Å². The molecule has 1 aliphatic rings. The summed E-state index contributed by atoms with van der Waals surface area (Å²) < 4.78 is 7.44. The minimum atomic E-state index is 0.589. The Balaban J connectivity index is 1.41. The van der Waals surface area contributed by atoms with Crippen LogP contribution >= 0.6 is 0 Å². The van der Waals surface area contributed by atoms with Crippen molar-refractivity contribution in [2.75, 3.05) is 13.1 Å². The fourth-order valence-electron chi connectivity index (χ4n) is 3.55. The Morgan fingerprint density at radius 3 is 2.78 bits per heavy atom. The van der Waals surface area contributed by atoms with E-state index in [1.165, 1.54) is 18.4 Å². The number of hydrogen-bond donors (Lipinski definition) is 1. The first-order valence-corrected chi connectivity index (χ1v) is 9.60. The second-order valence-corrected chi connectivity index (χ2v) is 6.90. The Morgan fingerprint density at radius 2 is 2.00 bits per heavy atom. The molecule has 2 aromatic heterocycles. The average molecular weight is 360 g/mol. The lowest BCUT2D eigenvalue weighted by atomic mass is 9.90. The van der Waals surface area contributed by atoms with Crippen LogP contribution in [0.3, 0.4) is 0 Å². The van der Waals surface area contributed by atoms with Crippen LogP contribution in [0.1, 0.15) is 54.1 Å². The van der Waals surface area contributed by atoms with Crippen molar-refractivity contribution in [2.24, 2.45) is 0 Å². The minimum Gasteiger partial charge on any atom is -0.347 e. The van der Waals surface area contributed by atoms with Gasteiger partial charge in [0.05, 0.1) is 6.54 Å². The highest BCUT2D eigenvalue weighted by atomic mass is 16.5. The summed E-state index contributed by atoms with van der Waals surface area (Å²) in [4.78, 5) is 4.33. The quantitative estimate of drug-likeness (QED) is 0.725. The van der Waals surface area contributed by atoms with Crippen LogP contribution in [0, 0.1) is 11.8 Å². The van der Waals surface area contributed by atoms with Crippen molar-refractivity contribution in [1.29, 1.82) is 0 Å². The van der Waals surface area contributed by atoms with Crippen molar-refractivity contribution in [3.8, 4) is 11.8 Å². The van der Waals surface area contributed by atoms with E-state index >= 15 is 0 Å². The number of aromatic nitrogens is 3. The summed E-state index contributed by atoms with van der Waals surface area (Å²) in [5, 5.41) is 7.53. The molecule has 138 valence electrons. The standard InChI is InChI=1S/C22H24N4O/c1-2-22-24-13-14-26(22)16-20-15-21(27-25-20)8-5-17-3-6-18(7-4-17)19-9-11-23-12-10-19/h3-4,6-7,13-15,19,23H,2,9-12,16H2,1H3. The van der Waals surface area contributed by atoms with E-state index in [4.69, 9.17) is 4.52 Å². The van der Waals surface area contributed by atoms with Gasteiger partial charge in [0.15, 0.2) is 0 Å². The molecule has 1 aliphatic heterocycles. The highest BCUT2D eigenvalue weighted by Gasteiger charge is 2.14. The molecule has 0 saturated carbocycles. The van der Waals surface area contributed by atoms with Gasteiger partial charge in [-0.3, -0.25) is 0 Å². The van der Waals surface area contributed by atoms with Crippen molar-refractivity contribution >= 4 is 0 Å². The fraction of sp³-hybridized carbons (Fsp3) is 0.364. The average Bonchev–Trinajstić information content (AvgIpc) is 3.37. The number of nitrogens with zero attached hydrogens (tertiary/aromatic N) is 3. The van der Waals surface area contributed by atoms with E-state index in [0.717, 1.165) is 36.6 Å². The number of benzene rings is 1. The largest absolute Gasteiger partial charge is 0.347 e. The van der Waals surface area contributed by atoms with Gasteiger partial charge < -0.3 is 14.4 Å². The van der Waals surface area contributed by atoms with Gasteiger partial charge in [-0.2, -0.15) is 0 Å². The molecule has 1 saturated heterocycles. The van der Waals surface area contributed by atoms with Crippen LogP contribution in [-0.2, 0) is 13.0 Å². The van der Waals surface area contributed by atoms with Crippen LogP contribution in [0.25, 0.3) is 0 Å². The van der Waals surface area contributed by atoms with Crippen molar-refractivity contribution in [3.63, 3.8) is 0 Å². The van der Waals surface area contributed by atoms with E-state index in [0.29, 0.717) is 18.2 Å². The molecule has 4 rings (SSSR count). The number of rotatable bonds is 4. The van der Waals surface area contributed by atoms with Crippen LogP contribution in [0.5, 0.6) is 0 Å². The van der Waals surface area contributed by atoms with E-state index in [9.17, 15) is 0 Å². The Morgan fingerprint density at radius 1 is 1.19 bits per heavy atom. The lowest BCUT2D eigenvalue weighted by Crippen LogP contribution is -2.26. The normalized spacial score (nSPS) is 14.7. The Labute approximate surface area is 159 Å². The summed E-state index contributed by atoms with van der Waals surface area (Å²) in [6, 6.07) is 10.5. The molecular formula is C22H24N4O. The van der Waals surface area contributed by atoms with Crippen molar-refractivity contribution in [3.05, 3.63) is 71.1 Å². The molecule has 0 atom stereocenters. The first-order chi connectivity index (χ1) is 13.3. The molecule has 5 heteroatoms. The fourth-order valence-corrected chi connectivity index (χ4v) is 3.55. The first-order valence-electron chi connectivity index (χ1n) is 9.60. The molecule has 27 heavy (non-hydrogen) atoms. The van der Waals surface area contributed by atoms with Gasteiger partial charge in [0, 0.05) is 30.4 Å². The van der Waals surface area contributed by atoms with Crippen LogP contribution in [0.2, 0.25) is 0 Å². The van der Waals surface area contributed by atoms with Crippen LogP contribution in [-0.4, -0.2) is 27.8 Å². The van der Waals surface area contributed by atoms with E-state index in [2.05, 4.69) is 63.1 Å². The molecule has 1 N–H and O–H groups in total. The van der Waals surface area contributed by atoms with Gasteiger partial charge in [-0.1, -0.05) is 30.1 Å². The molecule has 1 fully saturated rings. The zero-order chi connectivity index (χ0) is 18.5. The lowest BCUT2D eigenvalue weighted by Gasteiger charge is -2.22. The number of piperidine rings is 1. The SMILES string of the molecule is CCc1nccn1Cc1cc(C#Cc2ccc(C3CCNCC3)cc2)on1. The van der Waals surface area contributed by atoms with Gasteiger partial charge in [0.1, 0.15) is 11.5 Å². The summed E-state index contributed by atoms with van der Waals surface area (Å²) >= 11 is 0. The number of imidazole rings is 1. The summed E-state index contributed by atoms with van der Waals surface area (Å²) in [5.74, 6) is 8.54. The van der Waals surface area contributed by atoms with Crippen LogP contribution in [0.4, 0.5) is 0 Å². The predicted octanol–water partition coefficient (Wildman–Crippen LogP) is 3.35. The molecule has 3 aromatic rings. The third kappa shape index (κ3) is 4.29. The topological polar surface area (TPSA) is 55.9 Å². The predicted molar refractivity (Wildman–Crippen MR) is 104 cm³/mol. The summed E-state index contributed by atoms with van der Waals surface area (Å²) in [5.41, 5.74) is 3.26. The highest BCUT2D eigenvalue weighted by molar-refractivity contribution is 5.41. The van der Waals surface area contributed by atoms with E-state index in [1.54, 1.807) is 0 Å². The monoisotopic (exact) mass is 360 g/mol. The lowest BCUT2D eigenvalue weighted by molar-refractivity contribution is 0.401. The molecule has 0 unspecified atom stereocenters. The van der Waals surface area contributed by atoms with Crippen LogP contribution in [0.15, 0.2) is 47.2 Å². The highest BCUT2D eigenvalue weighted by Crippen LogP contribution is 2.25. The maximum atomic E-state index is 5.36. The molecule has 1 aromatic carbocycles. The smallest absolute Gasteiger partial charge is 0.210 e. The first kappa shape index (κ1) is 17.6.